The lowest BCUT2D eigenvalue weighted by atomic mass is 9.92. The van der Waals surface area contributed by atoms with Crippen LogP contribution in [0.15, 0.2) is 34.9 Å². The normalized spacial score (nSPS) is 14.3. The quantitative estimate of drug-likeness (QED) is 0.783. The highest BCUT2D eigenvalue weighted by Gasteiger charge is 2.16. The predicted molar refractivity (Wildman–Crippen MR) is 90.8 cm³/mol. The molecule has 0 bridgehead atoms. The Hall–Kier alpha value is -1.61. The van der Waals surface area contributed by atoms with Gasteiger partial charge in [-0.05, 0) is 36.3 Å². The number of benzene rings is 1. The average Bonchev–Trinajstić information content (AvgIpc) is 2.92. The summed E-state index contributed by atoms with van der Waals surface area (Å²) in [7, 11) is 0. The van der Waals surface area contributed by atoms with E-state index in [9.17, 15) is 0 Å². The molecule has 0 saturated carbocycles. The van der Waals surface area contributed by atoms with Crippen molar-refractivity contribution in [2.24, 2.45) is 5.92 Å². The van der Waals surface area contributed by atoms with Gasteiger partial charge in [0.25, 0.3) is 0 Å². The Balaban J connectivity index is 2.07. The zero-order valence-electron chi connectivity index (χ0n) is 14.4. The van der Waals surface area contributed by atoms with Crippen LogP contribution in [0.25, 0.3) is 0 Å². The van der Waals surface area contributed by atoms with Gasteiger partial charge in [0.15, 0.2) is 5.76 Å². The third-order valence-corrected chi connectivity index (χ3v) is 4.32. The van der Waals surface area contributed by atoms with Crippen molar-refractivity contribution in [3.63, 3.8) is 0 Å². The van der Waals surface area contributed by atoms with Gasteiger partial charge in [-0.2, -0.15) is 0 Å². The van der Waals surface area contributed by atoms with Crippen molar-refractivity contribution < 1.29 is 4.52 Å². The molecular weight excluding hydrogens is 272 g/mol. The van der Waals surface area contributed by atoms with Crippen LogP contribution in [-0.4, -0.2) is 5.16 Å². The van der Waals surface area contributed by atoms with Crippen LogP contribution >= 0.6 is 0 Å². The molecule has 0 radical (unpaired) electrons. The summed E-state index contributed by atoms with van der Waals surface area (Å²) in [5, 5.41) is 7.53. The zero-order chi connectivity index (χ0) is 16.1. The molecule has 1 aromatic heterocycles. The molecule has 0 aliphatic rings. The number of nitrogens with one attached hydrogen (secondary N) is 1. The van der Waals surface area contributed by atoms with Crippen molar-refractivity contribution in [1.29, 1.82) is 0 Å². The van der Waals surface area contributed by atoms with Crippen LogP contribution in [0.3, 0.4) is 0 Å². The van der Waals surface area contributed by atoms with Crippen molar-refractivity contribution in [2.75, 3.05) is 0 Å². The molecule has 0 spiro atoms. The van der Waals surface area contributed by atoms with Gasteiger partial charge in [-0.1, -0.05) is 57.1 Å². The first-order valence-electron chi connectivity index (χ1n) is 8.26. The fraction of sp³-hybridized carbons (Fsp3) is 0.526. The Kier molecular flexibility index (Phi) is 5.78. The van der Waals surface area contributed by atoms with E-state index in [1.54, 1.807) is 0 Å². The summed E-state index contributed by atoms with van der Waals surface area (Å²) >= 11 is 0. The van der Waals surface area contributed by atoms with Gasteiger partial charge >= 0.3 is 0 Å². The molecule has 3 nitrogen and oxygen atoms in total. The Morgan fingerprint density at radius 3 is 2.23 bits per heavy atom. The maximum atomic E-state index is 5.28. The second-order valence-electron chi connectivity index (χ2n) is 6.51. The van der Waals surface area contributed by atoms with Crippen molar-refractivity contribution in [1.82, 2.24) is 10.5 Å². The molecule has 0 aliphatic heterocycles. The van der Waals surface area contributed by atoms with Gasteiger partial charge < -0.3 is 9.84 Å². The predicted octanol–water partition coefficient (Wildman–Crippen LogP) is 4.98. The minimum Gasteiger partial charge on any atom is -0.360 e. The molecule has 1 heterocycles. The first-order valence-corrected chi connectivity index (χ1v) is 8.26. The summed E-state index contributed by atoms with van der Waals surface area (Å²) in [6.07, 6.45) is 1.18. The van der Waals surface area contributed by atoms with Crippen LogP contribution in [-0.2, 0) is 6.54 Å². The van der Waals surface area contributed by atoms with E-state index in [1.807, 2.05) is 13.0 Å². The number of rotatable bonds is 7. The molecule has 1 N–H and O–H groups in total. The first kappa shape index (κ1) is 16.8. The molecule has 3 heteroatoms. The number of hydrogen-bond donors (Lipinski definition) is 1. The average molecular weight is 300 g/mol. The molecule has 0 fully saturated rings. The largest absolute Gasteiger partial charge is 0.360 e. The standard InChI is InChI=1S/C19H28N2O/c1-6-14(4)16-7-9-17(10-8-16)19(13(2)3)20-12-18-11-15(5)21-22-18/h7-11,13-14,19-20H,6,12H2,1-5H3. The van der Waals surface area contributed by atoms with Gasteiger partial charge in [0.05, 0.1) is 12.2 Å². The van der Waals surface area contributed by atoms with Crippen LogP contribution in [0.4, 0.5) is 0 Å². The van der Waals surface area contributed by atoms with Crippen LogP contribution in [0.5, 0.6) is 0 Å². The van der Waals surface area contributed by atoms with E-state index in [1.165, 1.54) is 17.5 Å². The third-order valence-electron chi connectivity index (χ3n) is 4.32. The fourth-order valence-corrected chi connectivity index (χ4v) is 2.72. The van der Waals surface area contributed by atoms with Gasteiger partial charge in [-0.25, -0.2) is 0 Å². The molecule has 2 rings (SSSR count). The molecule has 1 aromatic carbocycles. The van der Waals surface area contributed by atoms with Gasteiger partial charge in [-0.15, -0.1) is 0 Å². The van der Waals surface area contributed by atoms with Gasteiger partial charge in [-0.3, -0.25) is 0 Å². The van der Waals surface area contributed by atoms with E-state index < -0.39 is 0 Å². The smallest absolute Gasteiger partial charge is 0.150 e. The van der Waals surface area contributed by atoms with E-state index in [-0.39, 0.29) is 0 Å². The van der Waals surface area contributed by atoms with E-state index >= 15 is 0 Å². The van der Waals surface area contributed by atoms with E-state index in [4.69, 9.17) is 4.52 Å². The first-order chi connectivity index (χ1) is 10.5. The maximum Gasteiger partial charge on any atom is 0.150 e. The molecular formula is C19H28N2O. The summed E-state index contributed by atoms with van der Waals surface area (Å²) in [5.41, 5.74) is 3.67. The van der Waals surface area contributed by atoms with Crippen molar-refractivity contribution in [3.8, 4) is 0 Å². The Labute approximate surface area is 134 Å². The van der Waals surface area contributed by atoms with Crippen LogP contribution < -0.4 is 5.32 Å². The molecule has 0 amide bonds. The molecule has 2 atom stereocenters. The summed E-state index contributed by atoms with van der Waals surface area (Å²) in [6, 6.07) is 11.3. The topological polar surface area (TPSA) is 38.1 Å². The highest BCUT2D eigenvalue weighted by molar-refractivity contribution is 5.27. The van der Waals surface area contributed by atoms with E-state index in [2.05, 4.69) is 62.4 Å². The summed E-state index contributed by atoms with van der Waals surface area (Å²) < 4.78 is 5.28. The van der Waals surface area contributed by atoms with Crippen LogP contribution in [0.1, 0.15) is 68.7 Å². The Bertz CT molecular complexity index is 571. The molecule has 120 valence electrons. The lowest BCUT2D eigenvalue weighted by Gasteiger charge is -2.23. The summed E-state index contributed by atoms with van der Waals surface area (Å²) in [6.45, 7) is 11.6. The minimum absolute atomic E-state index is 0.316. The Morgan fingerprint density at radius 2 is 1.73 bits per heavy atom. The highest BCUT2D eigenvalue weighted by atomic mass is 16.5. The second kappa shape index (κ2) is 7.59. The minimum atomic E-state index is 0.316. The number of hydrogen-bond acceptors (Lipinski definition) is 3. The number of aromatic nitrogens is 1. The molecule has 0 saturated heterocycles. The molecule has 22 heavy (non-hydrogen) atoms. The van der Waals surface area contributed by atoms with Crippen LogP contribution in [0, 0.1) is 12.8 Å². The fourth-order valence-electron chi connectivity index (χ4n) is 2.72. The van der Waals surface area contributed by atoms with Crippen molar-refractivity contribution in [3.05, 3.63) is 52.9 Å². The second-order valence-corrected chi connectivity index (χ2v) is 6.51. The van der Waals surface area contributed by atoms with Gasteiger partial charge in [0, 0.05) is 12.1 Å². The zero-order valence-corrected chi connectivity index (χ0v) is 14.4. The van der Waals surface area contributed by atoms with Gasteiger partial charge in [0.1, 0.15) is 0 Å². The summed E-state index contributed by atoms with van der Waals surface area (Å²) in [4.78, 5) is 0. The molecule has 2 unspecified atom stereocenters. The van der Waals surface area contributed by atoms with E-state index in [0.29, 0.717) is 24.4 Å². The monoisotopic (exact) mass is 300 g/mol. The molecule has 0 aliphatic carbocycles. The Morgan fingerprint density at radius 1 is 1.09 bits per heavy atom. The number of nitrogens with zero attached hydrogens (tertiary/aromatic N) is 1. The van der Waals surface area contributed by atoms with Crippen LogP contribution in [0.2, 0.25) is 0 Å². The van der Waals surface area contributed by atoms with Gasteiger partial charge in [0.2, 0.25) is 0 Å². The number of aryl methyl sites for hydroxylation is 1. The third kappa shape index (κ3) is 4.20. The lowest BCUT2D eigenvalue weighted by Crippen LogP contribution is -2.25. The lowest BCUT2D eigenvalue weighted by molar-refractivity contribution is 0.341. The SMILES string of the molecule is CCC(C)c1ccc(C(NCc2cc(C)no2)C(C)C)cc1. The van der Waals surface area contributed by atoms with E-state index in [0.717, 1.165) is 11.5 Å². The van der Waals surface area contributed by atoms with Crippen molar-refractivity contribution in [2.45, 2.75) is 59.5 Å². The summed E-state index contributed by atoms with van der Waals surface area (Å²) in [5.74, 6) is 2.02. The highest BCUT2D eigenvalue weighted by Crippen LogP contribution is 2.25. The maximum absolute atomic E-state index is 5.28. The molecule has 2 aromatic rings. The van der Waals surface area contributed by atoms with Crippen molar-refractivity contribution >= 4 is 0 Å².